The van der Waals surface area contributed by atoms with Crippen molar-refractivity contribution in [2.45, 2.75) is 6.54 Å². The van der Waals surface area contributed by atoms with Crippen LogP contribution < -0.4 is 5.32 Å². The molecule has 116 valence electrons. The maximum atomic E-state index is 12.2. The van der Waals surface area contributed by atoms with Crippen LogP contribution in [-0.4, -0.2) is 20.7 Å². The van der Waals surface area contributed by atoms with Gasteiger partial charge < -0.3 is 5.32 Å². The van der Waals surface area contributed by atoms with Crippen LogP contribution in [0.2, 0.25) is 10.0 Å². The number of pyridine rings is 1. The summed E-state index contributed by atoms with van der Waals surface area (Å²) in [6.07, 6.45) is 3.17. The highest BCUT2D eigenvalue weighted by atomic mass is 35.5. The van der Waals surface area contributed by atoms with Gasteiger partial charge in [0.1, 0.15) is 11.5 Å². The Bertz CT molecular complexity index is 833. The molecule has 3 aromatic rings. The summed E-state index contributed by atoms with van der Waals surface area (Å²) < 4.78 is 1.64. The Morgan fingerprint density at radius 1 is 1.09 bits per heavy atom. The largest absolute Gasteiger partial charge is 0.305 e. The Balaban J connectivity index is 1.80. The van der Waals surface area contributed by atoms with Gasteiger partial charge in [-0.3, -0.25) is 9.78 Å². The third-order valence-electron chi connectivity index (χ3n) is 3.21. The normalized spacial score (nSPS) is 10.5. The monoisotopic (exact) mass is 346 g/mol. The van der Waals surface area contributed by atoms with Crippen molar-refractivity contribution in [3.05, 3.63) is 76.2 Å². The Labute approximate surface area is 142 Å². The number of anilines is 1. The standard InChI is InChI=1S/C16H12Cl2N4O/c17-12-5-3-4-11(15(12)18)10-22-14(7-9-20-22)21-16(23)13-6-1-2-8-19-13/h1-9H,10H2,(H,21,23). The van der Waals surface area contributed by atoms with Gasteiger partial charge in [0.25, 0.3) is 5.91 Å². The van der Waals surface area contributed by atoms with Crippen LogP contribution in [0.15, 0.2) is 54.9 Å². The van der Waals surface area contributed by atoms with E-state index < -0.39 is 0 Å². The molecule has 2 heterocycles. The average Bonchev–Trinajstić information content (AvgIpc) is 2.99. The molecule has 0 atom stereocenters. The molecule has 23 heavy (non-hydrogen) atoms. The Morgan fingerprint density at radius 3 is 2.74 bits per heavy atom. The first-order valence-corrected chi connectivity index (χ1v) is 7.58. The lowest BCUT2D eigenvalue weighted by molar-refractivity contribution is 0.102. The molecule has 1 amide bonds. The summed E-state index contributed by atoms with van der Waals surface area (Å²) in [5.41, 5.74) is 1.15. The number of aromatic nitrogens is 3. The minimum Gasteiger partial charge on any atom is -0.305 e. The minimum atomic E-state index is -0.301. The van der Waals surface area contributed by atoms with Gasteiger partial charge in [-0.25, -0.2) is 4.68 Å². The second-order valence-electron chi connectivity index (χ2n) is 4.76. The number of benzene rings is 1. The van der Waals surface area contributed by atoms with Crippen LogP contribution >= 0.6 is 23.2 Å². The van der Waals surface area contributed by atoms with Crippen molar-refractivity contribution in [1.82, 2.24) is 14.8 Å². The quantitative estimate of drug-likeness (QED) is 0.779. The molecule has 0 aliphatic rings. The van der Waals surface area contributed by atoms with Gasteiger partial charge in [-0.05, 0) is 23.8 Å². The second kappa shape index (κ2) is 6.81. The maximum Gasteiger partial charge on any atom is 0.275 e. The first kappa shape index (κ1) is 15.5. The van der Waals surface area contributed by atoms with E-state index in [1.165, 1.54) is 0 Å². The number of carbonyl (C=O) groups is 1. The summed E-state index contributed by atoms with van der Waals surface area (Å²) in [7, 11) is 0. The van der Waals surface area contributed by atoms with E-state index in [1.54, 1.807) is 47.4 Å². The number of halogens is 2. The van der Waals surface area contributed by atoms with Crippen LogP contribution in [0, 0.1) is 0 Å². The summed E-state index contributed by atoms with van der Waals surface area (Å²) in [4.78, 5) is 16.2. The molecule has 2 aromatic heterocycles. The topological polar surface area (TPSA) is 59.8 Å². The molecule has 1 aromatic carbocycles. The first-order chi connectivity index (χ1) is 11.1. The van der Waals surface area contributed by atoms with Gasteiger partial charge in [0.05, 0.1) is 22.8 Å². The molecule has 0 aliphatic carbocycles. The zero-order chi connectivity index (χ0) is 16.2. The molecule has 0 saturated carbocycles. The zero-order valence-corrected chi connectivity index (χ0v) is 13.4. The van der Waals surface area contributed by atoms with E-state index in [0.29, 0.717) is 28.1 Å². The van der Waals surface area contributed by atoms with E-state index in [4.69, 9.17) is 23.2 Å². The number of hydrogen-bond acceptors (Lipinski definition) is 3. The molecule has 0 spiro atoms. The molecular formula is C16H12Cl2N4O. The second-order valence-corrected chi connectivity index (χ2v) is 5.54. The van der Waals surface area contributed by atoms with Crippen molar-refractivity contribution in [3.8, 4) is 0 Å². The lowest BCUT2D eigenvalue weighted by atomic mass is 10.2. The molecule has 1 N–H and O–H groups in total. The average molecular weight is 347 g/mol. The lowest BCUT2D eigenvalue weighted by Gasteiger charge is -2.10. The van der Waals surface area contributed by atoms with Crippen LogP contribution in [0.4, 0.5) is 5.82 Å². The zero-order valence-electron chi connectivity index (χ0n) is 11.9. The number of rotatable bonds is 4. The fraction of sp³-hybridized carbons (Fsp3) is 0.0625. The molecule has 3 rings (SSSR count). The van der Waals surface area contributed by atoms with Gasteiger partial charge in [-0.2, -0.15) is 5.10 Å². The van der Waals surface area contributed by atoms with E-state index in [9.17, 15) is 4.79 Å². The highest BCUT2D eigenvalue weighted by molar-refractivity contribution is 6.42. The van der Waals surface area contributed by atoms with E-state index in [0.717, 1.165) is 5.56 Å². The number of hydrogen-bond donors (Lipinski definition) is 1. The molecule has 0 unspecified atom stereocenters. The predicted molar refractivity (Wildman–Crippen MR) is 90.0 cm³/mol. The lowest BCUT2D eigenvalue weighted by Crippen LogP contribution is -2.17. The van der Waals surface area contributed by atoms with Gasteiger partial charge in [-0.15, -0.1) is 0 Å². The van der Waals surface area contributed by atoms with Crippen molar-refractivity contribution in [3.63, 3.8) is 0 Å². The summed E-state index contributed by atoms with van der Waals surface area (Å²) in [6, 6.07) is 12.3. The van der Waals surface area contributed by atoms with Crippen molar-refractivity contribution in [1.29, 1.82) is 0 Å². The summed E-state index contributed by atoms with van der Waals surface area (Å²) in [6.45, 7) is 0.393. The van der Waals surface area contributed by atoms with Crippen molar-refractivity contribution in [2.75, 3.05) is 5.32 Å². The molecule has 7 heteroatoms. The SMILES string of the molecule is O=C(Nc1ccnn1Cc1cccc(Cl)c1Cl)c1ccccn1. The molecule has 0 bridgehead atoms. The smallest absolute Gasteiger partial charge is 0.275 e. The number of nitrogens with one attached hydrogen (secondary N) is 1. The molecule has 0 saturated heterocycles. The van der Waals surface area contributed by atoms with Gasteiger partial charge in [0, 0.05) is 12.3 Å². The molecule has 0 aliphatic heterocycles. The third kappa shape index (κ3) is 3.52. The van der Waals surface area contributed by atoms with Gasteiger partial charge >= 0.3 is 0 Å². The van der Waals surface area contributed by atoms with Crippen molar-refractivity contribution >= 4 is 34.9 Å². The Morgan fingerprint density at radius 2 is 1.96 bits per heavy atom. The Hall–Kier alpha value is -2.37. The summed E-state index contributed by atoms with van der Waals surface area (Å²) >= 11 is 12.2. The molecule has 0 fully saturated rings. The van der Waals surface area contributed by atoms with Crippen molar-refractivity contribution in [2.24, 2.45) is 0 Å². The van der Waals surface area contributed by atoms with E-state index in [2.05, 4.69) is 15.4 Å². The minimum absolute atomic E-state index is 0.301. The van der Waals surface area contributed by atoms with E-state index in [-0.39, 0.29) is 5.91 Å². The van der Waals surface area contributed by atoms with Crippen LogP contribution in [0.3, 0.4) is 0 Å². The van der Waals surface area contributed by atoms with E-state index in [1.807, 2.05) is 12.1 Å². The highest BCUT2D eigenvalue weighted by Crippen LogP contribution is 2.26. The van der Waals surface area contributed by atoms with Gasteiger partial charge in [0.15, 0.2) is 0 Å². The fourth-order valence-electron chi connectivity index (χ4n) is 2.07. The van der Waals surface area contributed by atoms with Crippen LogP contribution in [0.5, 0.6) is 0 Å². The maximum absolute atomic E-state index is 12.2. The van der Waals surface area contributed by atoms with Crippen LogP contribution in [0.25, 0.3) is 0 Å². The van der Waals surface area contributed by atoms with Crippen LogP contribution in [-0.2, 0) is 6.54 Å². The number of carbonyl (C=O) groups excluding carboxylic acids is 1. The van der Waals surface area contributed by atoms with Crippen molar-refractivity contribution < 1.29 is 4.79 Å². The van der Waals surface area contributed by atoms with E-state index >= 15 is 0 Å². The molecule has 0 radical (unpaired) electrons. The number of nitrogens with zero attached hydrogens (tertiary/aromatic N) is 3. The predicted octanol–water partition coefficient (Wildman–Crippen LogP) is 3.89. The number of amides is 1. The third-order valence-corrected chi connectivity index (χ3v) is 4.07. The molecular weight excluding hydrogens is 335 g/mol. The fourth-order valence-corrected chi connectivity index (χ4v) is 2.45. The Kier molecular flexibility index (Phi) is 4.60. The highest BCUT2D eigenvalue weighted by Gasteiger charge is 2.12. The summed E-state index contributed by atoms with van der Waals surface area (Å²) in [5, 5.41) is 7.95. The van der Waals surface area contributed by atoms with Gasteiger partial charge in [0.2, 0.25) is 0 Å². The van der Waals surface area contributed by atoms with Crippen LogP contribution in [0.1, 0.15) is 16.1 Å². The first-order valence-electron chi connectivity index (χ1n) is 6.82. The summed E-state index contributed by atoms with van der Waals surface area (Å²) in [5.74, 6) is 0.251. The van der Waals surface area contributed by atoms with Gasteiger partial charge in [-0.1, -0.05) is 41.4 Å². The molecule has 5 nitrogen and oxygen atoms in total.